The molecule has 0 aromatic carbocycles. The maximum absolute atomic E-state index is 10.00. The average Bonchev–Trinajstić information content (AvgIpc) is 2.51. The molecule has 1 aliphatic rings. The molecule has 0 aromatic heterocycles. The van der Waals surface area contributed by atoms with E-state index in [1.54, 1.807) is 0 Å². The molecule has 4 N–H and O–H groups in total. The van der Waals surface area contributed by atoms with Crippen molar-refractivity contribution in [2.24, 2.45) is 0 Å². The fourth-order valence-corrected chi connectivity index (χ4v) is 1.85. The lowest BCUT2D eigenvalue weighted by Gasteiger charge is -2.28. The number of aliphatic hydroxyl groups is 3. The van der Waals surface area contributed by atoms with Crippen molar-refractivity contribution in [3.8, 4) is 0 Å². The van der Waals surface area contributed by atoms with E-state index in [-0.39, 0.29) is 6.61 Å². The monoisotopic (exact) mass is 204 g/mol. The fraction of sp³-hybridized carbons (Fsp3) is 1.00. The van der Waals surface area contributed by atoms with Gasteiger partial charge in [0.05, 0.1) is 18.3 Å². The van der Waals surface area contributed by atoms with Gasteiger partial charge < -0.3 is 25.5 Å². The van der Waals surface area contributed by atoms with Gasteiger partial charge in [-0.3, -0.25) is 0 Å². The molecule has 1 aliphatic heterocycles. The second-order valence-electron chi connectivity index (χ2n) is 4.18. The predicted molar refractivity (Wildman–Crippen MR) is 53.0 cm³/mol. The lowest BCUT2D eigenvalue weighted by molar-refractivity contribution is 0.00613. The molecule has 1 fully saturated rings. The number of β-amino-alcohol motifs (C(OH)–C–C–N with tert-alkyl or cyclic N) is 1. The Kier molecular flexibility index (Phi) is 4.28. The summed E-state index contributed by atoms with van der Waals surface area (Å²) in [5.41, 5.74) is -0.677. The highest BCUT2D eigenvalue weighted by Crippen LogP contribution is 2.15. The molecule has 2 atom stereocenters. The van der Waals surface area contributed by atoms with Gasteiger partial charge in [0, 0.05) is 19.6 Å². The zero-order chi connectivity index (χ0) is 10.6. The van der Waals surface area contributed by atoms with Gasteiger partial charge in [0.2, 0.25) is 0 Å². The fourth-order valence-electron chi connectivity index (χ4n) is 1.85. The molecule has 1 heterocycles. The van der Waals surface area contributed by atoms with E-state index in [0.717, 1.165) is 13.0 Å². The second-order valence-corrected chi connectivity index (χ2v) is 4.18. The average molecular weight is 204 g/mol. The van der Waals surface area contributed by atoms with Crippen LogP contribution in [0, 0.1) is 0 Å². The first-order valence-corrected chi connectivity index (χ1v) is 4.96. The summed E-state index contributed by atoms with van der Waals surface area (Å²) < 4.78 is 0. The van der Waals surface area contributed by atoms with Crippen LogP contribution in [0.15, 0.2) is 0 Å². The number of nitrogens with one attached hydrogen (secondary N) is 1. The van der Waals surface area contributed by atoms with Crippen LogP contribution < -0.4 is 5.32 Å². The van der Waals surface area contributed by atoms with Crippen molar-refractivity contribution in [1.82, 2.24) is 10.2 Å². The molecular weight excluding hydrogens is 184 g/mol. The first-order chi connectivity index (χ1) is 6.56. The highest BCUT2D eigenvalue weighted by molar-refractivity contribution is 4.90. The minimum Gasteiger partial charge on any atom is -0.394 e. The van der Waals surface area contributed by atoms with Gasteiger partial charge in [0.1, 0.15) is 0 Å². The summed E-state index contributed by atoms with van der Waals surface area (Å²) in [6.45, 7) is 2.12. The van der Waals surface area contributed by atoms with Gasteiger partial charge in [-0.05, 0) is 20.0 Å². The van der Waals surface area contributed by atoms with Crippen molar-refractivity contribution in [1.29, 1.82) is 0 Å². The van der Waals surface area contributed by atoms with Crippen molar-refractivity contribution in [2.75, 3.05) is 39.8 Å². The van der Waals surface area contributed by atoms with Gasteiger partial charge in [0.25, 0.3) is 0 Å². The van der Waals surface area contributed by atoms with E-state index in [1.807, 2.05) is 11.9 Å². The van der Waals surface area contributed by atoms with Gasteiger partial charge in [-0.25, -0.2) is 0 Å². The number of hydrogen-bond acceptors (Lipinski definition) is 5. The van der Waals surface area contributed by atoms with Crippen LogP contribution in [-0.4, -0.2) is 71.8 Å². The van der Waals surface area contributed by atoms with E-state index in [2.05, 4.69) is 5.32 Å². The van der Waals surface area contributed by atoms with Crippen molar-refractivity contribution in [3.05, 3.63) is 0 Å². The Balaban J connectivity index is 2.28. The molecule has 1 saturated heterocycles. The topological polar surface area (TPSA) is 76.0 Å². The Morgan fingerprint density at radius 3 is 2.79 bits per heavy atom. The molecule has 0 aromatic rings. The molecule has 0 amide bonds. The maximum Gasteiger partial charge on any atom is 0.0909 e. The minimum absolute atomic E-state index is 0.235. The highest BCUT2D eigenvalue weighted by atomic mass is 16.3. The van der Waals surface area contributed by atoms with Crippen LogP contribution in [0.5, 0.6) is 0 Å². The first-order valence-electron chi connectivity index (χ1n) is 4.96. The maximum atomic E-state index is 10.00. The van der Waals surface area contributed by atoms with Gasteiger partial charge >= 0.3 is 0 Å². The normalized spacial score (nSPS) is 29.8. The van der Waals surface area contributed by atoms with Gasteiger partial charge in [-0.1, -0.05) is 0 Å². The molecule has 5 nitrogen and oxygen atoms in total. The Morgan fingerprint density at radius 2 is 2.29 bits per heavy atom. The smallest absolute Gasteiger partial charge is 0.0909 e. The molecule has 1 rings (SSSR count). The van der Waals surface area contributed by atoms with Gasteiger partial charge in [-0.15, -0.1) is 0 Å². The number of aliphatic hydroxyl groups excluding tert-OH is 2. The van der Waals surface area contributed by atoms with E-state index in [1.165, 1.54) is 0 Å². The zero-order valence-corrected chi connectivity index (χ0v) is 8.61. The number of likely N-dealkylation sites (N-methyl/N-ethyl adjacent to an activating group) is 1. The molecule has 2 unspecified atom stereocenters. The van der Waals surface area contributed by atoms with Crippen molar-refractivity contribution in [2.45, 2.75) is 18.1 Å². The molecule has 0 aliphatic carbocycles. The van der Waals surface area contributed by atoms with Crippen molar-refractivity contribution in [3.63, 3.8) is 0 Å². The molecular formula is C9H20N2O3. The molecule has 0 radical (unpaired) electrons. The number of hydrogen-bond donors (Lipinski definition) is 4. The lowest BCUT2D eigenvalue weighted by atomic mass is 10.0. The number of nitrogens with zero attached hydrogens (tertiary/aromatic N) is 1. The van der Waals surface area contributed by atoms with E-state index in [0.29, 0.717) is 19.6 Å². The lowest BCUT2D eigenvalue weighted by Crippen LogP contribution is -2.45. The third-order valence-corrected chi connectivity index (χ3v) is 2.52. The highest BCUT2D eigenvalue weighted by Gasteiger charge is 2.32. The van der Waals surface area contributed by atoms with Crippen LogP contribution in [0.3, 0.4) is 0 Å². The molecule has 14 heavy (non-hydrogen) atoms. The number of rotatable bonds is 5. The summed E-state index contributed by atoms with van der Waals surface area (Å²) in [6.07, 6.45) is 0.0185. The molecule has 0 bridgehead atoms. The van der Waals surface area contributed by atoms with E-state index in [4.69, 9.17) is 5.11 Å². The van der Waals surface area contributed by atoms with Crippen molar-refractivity contribution >= 4 is 0 Å². The summed E-state index contributed by atoms with van der Waals surface area (Å²) >= 11 is 0. The van der Waals surface area contributed by atoms with Crippen LogP contribution in [0.25, 0.3) is 0 Å². The third-order valence-electron chi connectivity index (χ3n) is 2.52. The van der Waals surface area contributed by atoms with Crippen LogP contribution in [-0.2, 0) is 0 Å². The predicted octanol–water partition coefficient (Wildman–Crippen LogP) is -2.00. The quantitative estimate of drug-likeness (QED) is 0.416. The van der Waals surface area contributed by atoms with Crippen LogP contribution >= 0.6 is 0 Å². The van der Waals surface area contributed by atoms with Crippen molar-refractivity contribution < 1.29 is 15.3 Å². The summed E-state index contributed by atoms with van der Waals surface area (Å²) in [5.74, 6) is 0. The Hall–Kier alpha value is -0.200. The second kappa shape index (κ2) is 5.04. The largest absolute Gasteiger partial charge is 0.394 e. The third kappa shape index (κ3) is 3.51. The molecule has 0 spiro atoms. The standard InChI is InChI=1S/C9H20N2O3/c1-11(4-8(13)5-12)7-9(14)2-3-10-6-9/h8,10,12-14H,2-7H2,1H3. The van der Waals surface area contributed by atoms with Crippen LogP contribution in [0.2, 0.25) is 0 Å². The summed E-state index contributed by atoms with van der Waals surface area (Å²) in [6, 6.07) is 0. The summed E-state index contributed by atoms with van der Waals surface area (Å²) in [4.78, 5) is 1.84. The molecule has 84 valence electrons. The van der Waals surface area contributed by atoms with E-state index >= 15 is 0 Å². The van der Waals surface area contributed by atoms with E-state index < -0.39 is 11.7 Å². The first kappa shape index (κ1) is 11.9. The summed E-state index contributed by atoms with van der Waals surface area (Å²) in [5, 5.41) is 31.0. The minimum atomic E-state index is -0.724. The summed E-state index contributed by atoms with van der Waals surface area (Å²) in [7, 11) is 1.83. The Bertz CT molecular complexity index is 171. The molecule has 5 heteroatoms. The van der Waals surface area contributed by atoms with Crippen LogP contribution in [0.1, 0.15) is 6.42 Å². The zero-order valence-electron chi connectivity index (χ0n) is 8.61. The van der Waals surface area contributed by atoms with Crippen LogP contribution in [0.4, 0.5) is 0 Å². The Morgan fingerprint density at radius 1 is 1.57 bits per heavy atom. The Labute approximate surface area is 84.3 Å². The SMILES string of the molecule is CN(CC(O)CO)CC1(O)CCNC1. The molecule has 0 saturated carbocycles. The van der Waals surface area contributed by atoms with Gasteiger partial charge in [-0.2, -0.15) is 0 Å². The van der Waals surface area contributed by atoms with E-state index in [9.17, 15) is 10.2 Å². The van der Waals surface area contributed by atoms with Gasteiger partial charge in [0.15, 0.2) is 0 Å².